The van der Waals surface area contributed by atoms with E-state index in [4.69, 9.17) is 0 Å². The average molecular weight is 311 g/mol. The van der Waals surface area contributed by atoms with Crippen LogP contribution < -0.4 is 0 Å². The van der Waals surface area contributed by atoms with Crippen LogP contribution in [0, 0.1) is 29.6 Å². The van der Waals surface area contributed by atoms with Gasteiger partial charge in [-0.2, -0.15) is 0 Å². The predicted molar refractivity (Wildman–Crippen MR) is 103 cm³/mol. The zero-order valence-electron chi connectivity index (χ0n) is 17.0. The minimum atomic E-state index is 0.915. The van der Waals surface area contributed by atoms with Gasteiger partial charge >= 0.3 is 0 Å². The van der Waals surface area contributed by atoms with Crippen molar-refractivity contribution in [1.29, 1.82) is 0 Å². The van der Waals surface area contributed by atoms with Crippen LogP contribution in [0.5, 0.6) is 0 Å². The zero-order chi connectivity index (χ0) is 17.0. The van der Waals surface area contributed by atoms with Gasteiger partial charge in [-0.3, -0.25) is 0 Å². The molecule has 0 amide bonds. The van der Waals surface area contributed by atoms with Crippen molar-refractivity contribution >= 4 is 0 Å². The molecule has 4 unspecified atom stereocenters. The highest BCUT2D eigenvalue weighted by atomic mass is 14.2. The molecule has 4 atom stereocenters. The third-order valence-corrected chi connectivity index (χ3v) is 6.31. The van der Waals surface area contributed by atoms with Crippen molar-refractivity contribution in [2.24, 2.45) is 29.6 Å². The standard InChI is InChI=1S/C22H46/c1-8-18(4)12-11-13-21(7)22(16-14-19(5)9-2)17-15-20(6)10-3/h18-22H,8-17H2,1-7H3. The Bertz CT molecular complexity index is 218. The van der Waals surface area contributed by atoms with Gasteiger partial charge in [0.15, 0.2) is 0 Å². The van der Waals surface area contributed by atoms with E-state index in [1.807, 2.05) is 0 Å². The topological polar surface area (TPSA) is 0 Å². The fourth-order valence-corrected chi connectivity index (χ4v) is 3.35. The molecule has 0 saturated carbocycles. The van der Waals surface area contributed by atoms with Crippen LogP contribution in [0.2, 0.25) is 0 Å². The molecule has 0 bridgehead atoms. The summed E-state index contributed by atoms with van der Waals surface area (Å²) in [5.41, 5.74) is 0. The lowest BCUT2D eigenvalue weighted by Crippen LogP contribution is -2.15. The molecular weight excluding hydrogens is 264 g/mol. The van der Waals surface area contributed by atoms with Crippen LogP contribution in [0.4, 0.5) is 0 Å². The summed E-state index contributed by atoms with van der Waals surface area (Å²) >= 11 is 0. The van der Waals surface area contributed by atoms with Gasteiger partial charge in [0.25, 0.3) is 0 Å². The van der Waals surface area contributed by atoms with Crippen molar-refractivity contribution in [2.45, 2.75) is 113 Å². The third-order valence-electron chi connectivity index (χ3n) is 6.31. The quantitative estimate of drug-likeness (QED) is 0.304. The minimum absolute atomic E-state index is 0.915. The molecule has 0 saturated heterocycles. The van der Waals surface area contributed by atoms with E-state index in [2.05, 4.69) is 48.5 Å². The summed E-state index contributed by atoms with van der Waals surface area (Å²) in [6.45, 7) is 16.8. The van der Waals surface area contributed by atoms with Gasteiger partial charge in [0, 0.05) is 0 Å². The molecule has 0 aromatic rings. The van der Waals surface area contributed by atoms with Gasteiger partial charge in [-0.25, -0.2) is 0 Å². The molecule has 0 rings (SSSR count). The molecule has 0 heteroatoms. The van der Waals surface area contributed by atoms with Crippen LogP contribution in [0.15, 0.2) is 0 Å². The molecule has 0 aliphatic carbocycles. The molecule has 0 N–H and O–H groups in total. The van der Waals surface area contributed by atoms with E-state index in [1.165, 1.54) is 64.2 Å². The summed E-state index contributed by atoms with van der Waals surface area (Å²) in [4.78, 5) is 0. The molecule has 0 nitrogen and oxygen atoms in total. The first-order valence-electron chi connectivity index (χ1n) is 10.4. The smallest absolute Gasteiger partial charge is 0.0388 e. The van der Waals surface area contributed by atoms with E-state index >= 15 is 0 Å². The Morgan fingerprint density at radius 1 is 0.500 bits per heavy atom. The number of hydrogen-bond donors (Lipinski definition) is 0. The summed E-state index contributed by atoms with van der Waals surface area (Å²) in [5.74, 6) is 4.65. The summed E-state index contributed by atoms with van der Waals surface area (Å²) in [5, 5.41) is 0. The van der Waals surface area contributed by atoms with Crippen molar-refractivity contribution in [3.8, 4) is 0 Å². The highest BCUT2D eigenvalue weighted by molar-refractivity contribution is 4.70. The SMILES string of the molecule is CCC(C)CCCC(C)C(CCC(C)CC)CCC(C)CC. The Kier molecular flexibility index (Phi) is 13.4. The van der Waals surface area contributed by atoms with Crippen molar-refractivity contribution < 1.29 is 0 Å². The maximum Gasteiger partial charge on any atom is -0.0388 e. The molecule has 0 spiro atoms. The van der Waals surface area contributed by atoms with Crippen molar-refractivity contribution in [3.05, 3.63) is 0 Å². The van der Waals surface area contributed by atoms with Gasteiger partial charge in [-0.15, -0.1) is 0 Å². The fourth-order valence-electron chi connectivity index (χ4n) is 3.35. The van der Waals surface area contributed by atoms with Gasteiger partial charge in [-0.05, 0) is 42.4 Å². The summed E-state index contributed by atoms with van der Waals surface area (Å²) in [6, 6.07) is 0. The lowest BCUT2D eigenvalue weighted by molar-refractivity contribution is 0.249. The maximum atomic E-state index is 2.54. The van der Waals surface area contributed by atoms with Gasteiger partial charge < -0.3 is 0 Å². The molecule has 0 radical (unpaired) electrons. The Morgan fingerprint density at radius 3 is 1.32 bits per heavy atom. The lowest BCUT2D eigenvalue weighted by atomic mass is 9.79. The van der Waals surface area contributed by atoms with Crippen LogP contribution in [0.25, 0.3) is 0 Å². The normalized spacial score (nSPS) is 18.7. The molecular formula is C22H46. The summed E-state index contributed by atoms with van der Waals surface area (Å²) in [6.07, 6.45) is 14.2. The van der Waals surface area contributed by atoms with Gasteiger partial charge in [0.1, 0.15) is 0 Å². The van der Waals surface area contributed by atoms with Gasteiger partial charge in [0.05, 0.1) is 0 Å². The van der Waals surface area contributed by atoms with Crippen LogP contribution >= 0.6 is 0 Å². The van der Waals surface area contributed by atoms with Gasteiger partial charge in [-0.1, -0.05) is 99.8 Å². The molecule has 0 aromatic heterocycles. The lowest BCUT2D eigenvalue weighted by Gasteiger charge is -2.27. The molecule has 0 aliphatic rings. The van der Waals surface area contributed by atoms with Gasteiger partial charge in [0.2, 0.25) is 0 Å². The Hall–Kier alpha value is 0. The van der Waals surface area contributed by atoms with E-state index in [0.717, 1.165) is 29.6 Å². The second-order valence-electron chi connectivity index (χ2n) is 8.36. The second kappa shape index (κ2) is 13.4. The Labute approximate surface area is 142 Å². The number of hydrogen-bond acceptors (Lipinski definition) is 0. The first-order valence-corrected chi connectivity index (χ1v) is 10.4. The van der Waals surface area contributed by atoms with Crippen molar-refractivity contribution in [1.82, 2.24) is 0 Å². The fraction of sp³-hybridized carbons (Fsp3) is 1.00. The Balaban J connectivity index is 4.27. The van der Waals surface area contributed by atoms with E-state index in [1.54, 1.807) is 0 Å². The predicted octanol–water partition coefficient (Wildman–Crippen LogP) is 8.11. The Morgan fingerprint density at radius 2 is 0.909 bits per heavy atom. The highest BCUT2D eigenvalue weighted by Gasteiger charge is 2.19. The molecule has 22 heavy (non-hydrogen) atoms. The monoisotopic (exact) mass is 310 g/mol. The van der Waals surface area contributed by atoms with Crippen molar-refractivity contribution in [2.75, 3.05) is 0 Å². The van der Waals surface area contributed by atoms with Crippen molar-refractivity contribution in [3.63, 3.8) is 0 Å². The maximum absolute atomic E-state index is 2.54. The summed E-state index contributed by atoms with van der Waals surface area (Å²) in [7, 11) is 0. The van der Waals surface area contributed by atoms with E-state index in [0.29, 0.717) is 0 Å². The average Bonchev–Trinajstić information content (AvgIpc) is 2.53. The first kappa shape index (κ1) is 22.0. The zero-order valence-corrected chi connectivity index (χ0v) is 17.0. The number of rotatable bonds is 14. The molecule has 0 aromatic carbocycles. The van der Waals surface area contributed by atoms with Crippen LogP contribution in [0.3, 0.4) is 0 Å². The highest BCUT2D eigenvalue weighted by Crippen LogP contribution is 2.31. The second-order valence-corrected chi connectivity index (χ2v) is 8.36. The van der Waals surface area contributed by atoms with Crippen LogP contribution in [-0.2, 0) is 0 Å². The van der Waals surface area contributed by atoms with Crippen LogP contribution in [0.1, 0.15) is 113 Å². The van der Waals surface area contributed by atoms with Crippen LogP contribution in [-0.4, -0.2) is 0 Å². The molecule has 134 valence electrons. The van der Waals surface area contributed by atoms with E-state index in [-0.39, 0.29) is 0 Å². The molecule has 0 heterocycles. The van der Waals surface area contributed by atoms with E-state index < -0.39 is 0 Å². The third kappa shape index (κ3) is 10.7. The first-order chi connectivity index (χ1) is 10.4. The minimum Gasteiger partial charge on any atom is -0.0651 e. The molecule has 0 fully saturated rings. The molecule has 0 aliphatic heterocycles. The van der Waals surface area contributed by atoms with E-state index in [9.17, 15) is 0 Å². The summed E-state index contributed by atoms with van der Waals surface area (Å²) < 4.78 is 0. The largest absolute Gasteiger partial charge is 0.0651 e.